The fraction of sp³-hybridized carbons (Fsp3) is 0.143. The molecule has 1 aromatic rings. The van der Waals surface area contributed by atoms with Crippen LogP contribution in [0.2, 0.25) is 0 Å². The van der Waals surface area contributed by atoms with E-state index < -0.39 is 11.7 Å². The van der Waals surface area contributed by atoms with Crippen molar-refractivity contribution in [3.63, 3.8) is 0 Å². The number of carbonyl (C=O) groups excluding carboxylic acids is 1. The molecule has 0 saturated heterocycles. The van der Waals surface area contributed by atoms with Crippen molar-refractivity contribution in [3.8, 4) is 0 Å². The summed E-state index contributed by atoms with van der Waals surface area (Å²) >= 11 is 7.94. The summed E-state index contributed by atoms with van der Waals surface area (Å²) in [6.07, 6.45) is -1.55. The van der Waals surface area contributed by atoms with Crippen LogP contribution in [0.5, 0.6) is 0 Å². The molecule has 1 heterocycles. The smallest absolute Gasteiger partial charge is 0.271 e. The van der Waals surface area contributed by atoms with Gasteiger partial charge in [0.1, 0.15) is 5.69 Å². The van der Waals surface area contributed by atoms with Crippen LogP contribution < -0.4 is 0 Å². The van der Waals surface area contributed by atoms with Crippen LogP contribution in [0, 0.1) is 0 Å². The normalized spacial score (nSPS) is 10.5. The van der Waals surface area contributed by atoms with Crippen molar-refractivity contribution in [1.82, 2.24) is 4.98 Å². The summed E-state index contributed by atoms with van der Waals surface area (Å²) in [5, 5.41) is -0.866. The Labute approximate surface area is 86.0 Å². The number of nitrogens with zero attached hydrogens (tertiary/aromatic N) is 1. The molecule has 0 aliphatic heterocycles. The van der Waals surface area contributed by atoms with Gasteiger partial charge in [-0.25, -0.2) is 8.78 Å². The van der Waals surface area contributed by atoms with Crippen molar-refractivity contribution in [1.29, 1.82) is 0 Å². The monoisotopic (exact) mass is 269 g/mol. The van der Waals surface area contributed by atoms with Crippen LogP contribution in [0.15, 0.2) is 16.7 Å². The fourth-order valence-electron chi connectivity index (χ4n) is 0.764. The Bertz CT molecular complexity index is 345. The lowest BCUT2D eigenvalue weighted by molar-refractivity contribution is 0.107. The molecule has 0 N–H and O–H groups in total. The highest BCUT2D eigenvalue weighted by Crippen LogP contribution is 2.29. The van der Waals surface area contributed by atoms with Crippen molar-refractivity contribution in [2.75, 3.05) is 0 Å². The van der Waals surface area contributed by atoms with E-state index in [4.69, 9.17) is 11.6 Å². The van der Waals surface area contributed by atoms with Crippen molar-refractivity contribution >= 4 is 32.8 Å². The summed E-state index contributed by atoms with van der Waals surface area (Å²) in [6, 6.07) is 1.12. The van der Waals surface area contributed by atoms with E-state index in [0.29, 0.717) is 0 Å². The molecule has 0 saturated carbocycles. The number of alkyl halides is 2. The Kier molecular flexibility index (Phi) is 3.33. The summed E-state index contributed by atoms with van der Waals surface area (Å²) in [7, 11) is 0. The molecule has 70 valence electrons. The van der Waals surface area contributed by atoms with Gasteiger partial charge in [0.05, 0.1) is 4.47 Å². The highest BCUT2D eigenvalue weighted by atomic mass is 79.9. The largest absolute Gasteiger partial charge is 0.274 e. The first kappa shape index (κ1) is 10.5. The van der Waals surface area contributed by atoms with E-state index in [1.165, 1.54) is 0 Å². The zero-order valence-corrected chi connectivity index (χ0v) is 8.44. The summed E-state index contributed by atoms with van der Waals surface area (Å²) in [5.74, 6) is 0. The van der Waals surface area contributed by atoms with Crippen molar-refractivity contribution in [2.45, 2.75) is 6.43 Å². The number of pyridine rings is 1. The average molecular weight is 270 g/mol. The van der Waals surface area contributed by atoms with Gasteiger partial charge in [0, 0.05) is 11.8 Å². The van der Waals surface area contributed by atoms with Crippen molar-refractivity contribution in [3.05, 3.63) is 28.0 Å². The molecule has 0 fully saturated rings. The molecule has 0 unspecified atom stereocenters. The second-order valence-electron chi connectivity index (χ2n) is 2.14. The first-order valence-corrected chi connectivity index (χ1v) is 4.33. The lowest BCUT2D eigenvalue weighted by Gasteiger charge is -2.04. The predicted octanol–water partition coefficient (Wildman–Crippen LogP) is 3.16. The number of rotatable bonds is 2. The molecule has 1 aromatic heterocycles. The summed E-state index contributed by atoms with van der Waals surface area (Å²) < 4.78 is 24.5. The van der Waals surface area contributed by atoms with E-state index in [0.717, 1.165) is 12.3 Å². The van der Waals surface area contributed by atoms with Gasteiger partial charge >= 0.3 is 0 Å². The molecule has 0 amide bonds. The minimum Gasteiger partial charge on any atom is -0.274 e. The maximum atomic E-state index is 12.3. The number of halogens is 4. The Morgan fingerprint density at radius 3 is 2.69 bits per heavy atom. The topological polar surface area (TPSA) is 30.0 Å². The molecule has 0 aliphatic carbocycles. The first-order valence-electron chi connectivity index (χ1n) is 3.16. The Morgan fingerprint density at radius 1 is 1.62 bits per heavy atom. The second kappa shape index (κ2) is 4.11. The van der Waals surface area contributed by atoms with Gasteiger partial charge in [-0.15, -0.1) is 0 Å². The highest BCUT2D eigenvalue weighted by Gasteiger charge is 2.17. The molecular formula is C7H3BrClF2NO. The molecule has 0 radical (unpaired) electrons. The van der Waals surface area contributed by atoms with E-state index in [1.807, 2.05) is 0 Å². The van der Waals surface area contributed by atoms with E-state index >= 15 is 0 Å². The average Bonchev–Trinajstić information content (AvgIpc) is 2.03. The number of aromatic nitrogens is 1. The predicted molar refractivity (Wildman–Crippen MR) is 47.1 cm³/mol. The Morgan fingerprint density at radius 2 is 2.23 bits per heavy atom. The van der Waals surface area contributed by atoms with Gasteiger partial charge in [-0.05, 0) is 33.6 Å². The van der Waals surface area contributed by atoms with Gasteiger partial charge in [-0.1, -0.05) is 0 Å². The first-order chi connectivity index (χ1) is 6.04. The van der Waals surface area contributed by atoms with Crippen LogP contribution in [0.25, 0.3) is 0 Å². The van der Waals surface area contributed by atoms with E-state index in [9.17, 15) is 13.6 Å². The lowest BCUT2D eigenvalue weighted by atomic mass is 10.2. The van der Waals surface area contributed by atoms with Crippen LogP contribution in [0.3, 0.4) is 0 Å². The minimum absolute atomic E-state index is 0.0509. The van der Waals surface area contributed by atoms with Crippen LogP contribution in [0.4, 0.5) is 8.78 Å². The molecule has 6 heteroatoms. The van der Waals surface area contributed by atoms with Gasteiger partial charge < -0.3 is 0 Å². The van der Waals surface area contributed by atoms with E-state index in [1.54, 1.807) is 0 Å². The van der Waals surface area contributed by atoms with Crippen molar-refractivity contribution in [2.24, 2.45) is 0 Å². The maximum Gasteiger partial charge on any atom is 0.271 e. The molecule has 0 spiro atoms. The molecule has 0 aliphatic rings. The maximum absolute atomic E-state index is 12.3. The number of hydrogen-bond donors (Lipinski definition) is 0. The van der Waals surface area contributed by atoms with E-state index in [2.05, 4.69) is 20.9 Å². The molecule has 0 atom stereocenters. The number of carbonyl (C=O) groups is 1. The Balaban J connectivity index is 3.26. The van der Waals surface area contributed by atoms with Gasteiger partial charge in [-0.2, -0.15) is 0 Å². The van der Waals surface area contributed by atoms with Crippen molar-refractivity contribution < 1.29 is 13.6 Å². The molecule has 0 aromatic carbocycles. The van der Waals surface area contributed by atoms with Crippen LogP contribution in [0.1, 0.15) is 22.5 Å². The van der Waals surface area contributed by atoms with Gasteiger partial charge in [0.25, 0.3) is 11.7 Å². The summed E-state index contributed by atoms with van der Waals surface area (Å²) in [6.45, 7) is 0. The molecule has 13 heavy (non-hydrogen) atoms. The minimum atomic E-state index is -2.66. The number of hydrogen-bond acceptors (Lipinski definition) is 2. The van der Waals surface area contributed by atoms with Crippen LogP contribution in [-0.4, -0.2) is 10.2 Å². The lowest BCUT2D eigenvalue weighted by Crippen LogP contribution is -1.99. The molecule has 0 bridgehead atoms. The standard InChI is InChI=1S/C7H3BrClF2NO/c8-4-3(7(10)11)1-2-12-5(4)6(9)13/h1-2,7H. The zero-order valence-electron chi connectivity index (χ0n) is 6.10. The second-order valence-corrected chi connectivity index (χ2v) is 3.27. The Hall–Kier alpha value is -0.550. The van der Waals surface area contributed by atoms with Gasteiger partial charge in [0.15, 0.2) is 0 Å². The summed E-state index contributed by atoms with van der Waals surface area (Å²) in [4.78, 5) is 14.2. The SMILES string of the molecule is O=C(Cl)c1nccc(C(F)F)c1Br. The molecule has 2 nitrogen and oxygen atoms in total. The molecule has 1 rings (SSSR count). The quantitative estimate of drug-likeness (QED) is 0.773. The molecular weight excluding hydrogens is 267 g/mol. The van der Waals surface area contributed by atoms with Crippen LogP contribution in [-0.2, 0) is 0 Å². The van der Waals surface area contributed by atoms with Gasteiger partial charge in [0.2, 0.25) is 0 Å². The summed E-state index contributed by atoms with van der Waals surface area (Å²) in [5.41, 5.74) is -0.488. The zero-order chi connectivity index (χ0) is 10.0. The third-order valence-electron chi connectivity index (χ3n) is 1.34. The fourth-order valence-corrected chi connectivity index (χ4v) is 1.61. The van der Waals surface area contributed by atoms with Crippen LogP contribution >= 0.6 is 27.5 Å². The van der Waals surface area contributed by atoms with Gasteiger partial charge in [-0.3, -0.25) is 9.78 Å². The third-order valence-corrected chi connectivity index (χ3v) is 2.35. The third kappa shape index (κ3) is 2.22. The van der Waals surface area contributed by atoms with E-state index in [-0.39, 0.29) is 15.7 Å². The highest BCUT2D eigenvalue weighted by molar-refractivity contribution is 9.10.